The van der Waals surface area contributed by atoms with E-state index in [1.165, 1.54) is 11.5 Å². The zero-order chi connectivity index (χ0) is 11.1. The molecule has 0 aromatic heterocycles. The highest BCUT2D eigenvalue weighted by Crippen LogP contribution is 2.29. The highest BCUT2D eigenvalue weighted by molar-refractivity contribution is 7.94. The molecular formula is C9H8N2O2S2. The third-order valence-electron chi connectivity index (χ3n) is 2.01. The second-order valence-electron chi connectivity index (χ2n) is 3.09. The highest BCUT2D eigenvalue weighted by atomic mass is 32.2. The molecule has 4 nitrogen and oxygen atoms in total. The smallest absolute Gasteiger partial charge is 0.200 e. The minimum atomic E-state index is -3.27. The number of fused-ring (bicyclic) bond motifs is 1. The van der Waals surface area contributed by atoms with Crippen LogP contribution < -0.4 is 11.1 Å². The van der Waals surface area contributed by atoms with E-state index in [1.54, 1.807) is 18.2 Å². The van der Waals surface area contributed by atoms with Gasteiger partial charge in [-0.05, 0) is 36.0 Å². The van der Waals surface area contributed by atoms with E-state index in [1.807, 2.05) is 0 Å². The third kappa shape index (κ3) is 1.86. The topological polar surface area (TPSA) is 72.2 Å². The second kappa shape index (κ2) is 3.32. The fourth-order valence-electron chi connectivity index (χ4n) is 1.37. The van der Waals surface area contributed by atoms with Gasteiger partial charge in [0.15, 0.2) is 5.11 Å². The van der Waals surface area contributed by atoms with Gasteiger partial charge in [-0.3, -0.25) is 0 Å². The summed E-state index contributed by atoms with van der Waals surface area (Å²) in [6, 6.07) is 4.95. The lowest BCUT2D eigenvalue weighted by Crippen LogP contribution is -2.19. The molecule has 1 aliphatic rings. The molecule has 6 heteroatoms. The maximum absolute atomic E-state index is 11.5. The molecule has 0 bridgehead atoms. The van der Waals surface area contributed by atoms with Gasteiger partial charge >= 0.3 is 0 Å². The summed E-state index contributed by atoms with van der Waals surface area (Å²) in [7, 11) is -3.27. The molecule has 0 radical (unpaired) electrons. The predicted octanol–water partition coefficient (Wildman–Crippen LogP) is 1.10. The normalized spacial score (nSPS) is 16.0. The van der Waals surface area contributed by atoms with Crippen molar-refractivity contribution in [1.29, 1.82) is 0 Å². The first-order chi connectivity index (χ1) is 6.99. The van der Waals surface area contributed by atoms with Gasteiger partial charge in [-0.2, -0.15) is 0 Å². The largest absolute Gasteiger partial charge is 0.376 e. The number of rotatable bonds is 1. The van der Waals surface area contributed by atoms with E-state index >= 15 is 0 Å². The molecule has 1 aliphatic heterocycles. The van der Waals surface area contributed by atoms with E-state index in [2.05, 4.69) is 17.5 Å². The minimum Gasteiger partial charge on any atom is -0.376 e. The van der Waals surface area contributed by atoms with Gasteiger partial charge < -0.3 is 11.1 Å². The van der Waals surface area contributed by atoms with Gasteiger partial charge in [0, 0.05) is 11.1 Å². The van der Waals surface area contributed by atoms with Crippen molar-refractivity contribution in [2.45, 2.75) is 4.90 Å². The molecule has 0 spiro atoms. The highest BCUT2D eigenvalue weighted by Gasteiger charge is 2.20. The zero-order valence-electron chi connectivity index (χ0n) is 7.60. The van der Waals surface area contributed by atoms with E-state index in [0.717, 1.165) is 0 Å². The summed E-state index contributed by atoms with van der Waals surface area (Å²) in [5.41, 5.74) is 6.55. The molecule has 0 fully saturated rings. The Balaban J connectivity index is 2.49. The summed E-state index contributed by atoms with van der Waals surface area (Å²) < 4.78 is 23.0. The SMILES string of the molecule is NC(=S)Nc1ccc2c(c1)S(=O)(=O)C=C2. The second-order valence-corrected chi connectivity index (χ2v) is 5.33. The van der Waals surface area contributed by atoms with Gasteiger partial charge in [-0.15, -0.1) is 0 Å². The van der Waals surface area contributed by atoms with Crippen LogP contribution in [-0.2, 0) is 9.84 Å². The molecule has 0 unspecified atom stereocenters. The van der Waals surface area contributed by atoms with Crippen LogP contribution in [0.5, 0.6) is 0 Å². The number of thiocarbonyl (C=S) groups is 1. The van der Waals surface area contributed by atoms with Crippen molar-refractivity contribution in [3.63, 3.8) is 0 Å². The van der Waals surface area contributed by atoms with Crippen molar-refractivity contribution < 1.29 is 8.42 Å². The molecule has 1 aromatic carbocycles. The minimum absolute atomic E-state index is 0.110. The van der Waals surface area contributed by atoms with Gasteiger partial charge in [-0.25, -0.2) is 8.42 Å². The van der Waals surface area contributed by atoms with E-state index in [-0.39, 0.29) is 10.0 Å². The van der Waals surface area contributed by atoms with E-state index in [4.69, 9.17) is 5.73 Å². The van der Waals surface area contributed by atoms with Crippen molar-refractivity contribution >= 4 is 38.9 Å². The number of nitrogens with two attached hydrogens (primary N) is 1. The summed E-state index contributed by atoms with van der Waals surface area (Å²) in [5, 5.41) is 3.98. The average Bonchev–Trinajstić information content (AvgIpc) is 2.42. The number of anilines is 1. The first-order valence-electron chi connectivity index (χ1n) is 4.13. The summed E-state index contributed by atoms with van der Waals surface area (Å²) in [4.78, 5) is 0.281. The maximum Gasteiger partial charge on any atom is 0.200 e. The Morgan fingerprint density at radius 1 is 1.40 bits per heavy atom. The number of hydrogen-bond donors (Lipinski definition) is 2. The maximum atomic E-state index is 11.5. The van der Waals surface area contributed by atoms with Crippen LogP contribution in [0.1, 0.15) is 5.56 Å². The summed E-state index contributed by atoms with van der Waals surface area (Å²) in [6.07, 6.45) is 1.56. The summed E-state index contributed by atoms with van der Waals surface area (Å²) in [6.45, 7) is 0. The van der Waals surface area contributed by atoms with Crippen molar-refractivity contribution in [2.75, 3.05) is 5.32 Å². The summed E-state index contributed by atoms with van der Waals surface area (Å²) in [5.74, 6) is 0. The average molecular weight is 240 g/mol. The van der Waals surface area contributed by atoms with Crippen molar-refractivity contribution in [3.8, 4) is 0 Å². The molecule has 3 N–H and O–H groups in total. The Labute approximate surface area is 92.7 Å². The lowest BCUT2D eigenvalue weighted by molar-refractivity contribution is 0.605. The predicted molar refractivity (Wildman–Crippen MR) is 63.1 cm³/mol. The number of hydrogen-bond acceptors (Lipinski definition) is 3. The van der Waals surface area contributed by atoms with Crippen LogP contribution in [0.2, 0.25) is 0 Å². The summed E-state index contributed by atoms with van der Waals surface area (Å²) >= 11 is 4.66. The first kappa shape index (κ1) is 10.1. The lowest BCUT2D eigenvalue weighted by Gasteiger charge is -2.05. The van der Waals surface area contributed by atoms with Gasteiger partial charge in [-0.1, -0.05) is 6.07 Å². The lowest BCUT2D eigenvalue weighted by atomic mass is 10.2. The Morgan fingerprint density at radius 2 is 2.13 bits per heavy atom. The van der Waals surface area contributed by atoms with Gasteiger partial charge in [0.1, 0.15) is 0 Å². The molecule has 1 aromatic rings. The third-order valence-corrected chi connectivity index (χ3v) is 3.58. The molecule has 78 valence electrons. The zero-order valence-corrected chi connectivity index (χ0v) is 9.23. The van der Waals surface area contributed by atoms with Crippen LogP contribution in [0.25, 0.3) is 6.08 Å². The Kier molecular flexibility index (Phi) is 2.24. The molecule has 2 rings (SSSR count). The quantitative estimate of drug-likeness (QED) is 0.719. The van der Waals surface area contributed by atoms with Gasteiger partial charge in [0.25, 0.3) is 0 Å². The number of benzene rings is 1. The Hall–Kier alpha value is -1.40. The fourth-order valence-corrected chi connectivity index (χ4v) is 2.72. The molecule has 15 heavy (non-hydrogen) atoms. The van der Waals surface area contributed by atoms with Crippen molar-refractivity contribution in [1.82, 2.24) is 0 Å². The monoisotopic (exact) mass is 240 g/mol. The number of nitrogens with one attached hydrogen (secondary N) is 1. The van der Waals surface area contributed by atoms with Crippen LogP contribution in [-0.4, -0.2) is 13.5 Å². The standard InChI is InChI=1S/C9H8N2O2S2/c10-9(14)11-7-2-1-6-3-4-15(12,13)8(6)5-7/h1-5H,(H3,10,11,14). The van der Waals surface area contributed by atoms with Crippen LogP contribution in [0.3, 0.4) is 0 Å². The fraction of sp³-hybridized carbons (Fsp3) is 0. The molecule has 0 atom stereocenters. The van der Waals surface area contributed by atoms with Crippen LogP contribution in [0, 0.1) is 0 Å². The van der Waals surface area contributed by atoms with E-state index in [0.29, 0.717) is 11.3 Å². The van der Waals surface area contributed by atoms with Crippen LogP contribution in [0.15, 0.2) is 28.5 Å². The Bertz CT molecular complexity index is 561. The van der Waals surface area contributed by atoms with Crippen LogP contribution >= 0.6 is 12.2 Å². The van der Waals surface area contributed by atoms with E-state index in [9.17, 15) is 8.42 Å². The van der Waals surface area contributed by atoms with Crippen molar-refractivity contribution in [2.24, 2.45) is 5.73 Å². The molecule has 0 saturated heterocycles. The molecule has 1 heterocycles. The van der Waals surface area contributed by atoms with Gasteiger partial charge in [0.05, 0.1) is 4.90 Å². The molecule has 0 amide bonds. The van der Waals surface area contributed by atoms with E-state index < -0.39 is 9.84 Å². The molecule has 0 saturated carbocycles. The first-order valence-corrected chi connectivity index (χ1v) is 6.08. The van der Waals surface area contributed by atoms with Gasteiger partial charge in [0.2, 0.25) is 9.84 Å². The number of sulfone groups is 1. The molecule has 0 aliphatic carbocycles. The Morgan fingerprint density at radius 3 is 2.80 bits per heavy atom. The molecular weight excluding hydrogens is 232 g/mol. The van der Waals surface area contributed by atoms with Crippen molar-refractivity contribution in [3.05, 3.63) is 29.2 Å². The van der Waals surface area contributed by atoms with Crippen LogP contribution in [0.4, 0.5) is 5.69 Å².